The molecule has 1 aromatic heterocycles. The van der Waals surface area contributed by atoms with Crippen molar-refractivity contribution in [3.05, 3.63) is 27.4 Å². The van der Waals surface area contributed by atoms with Crippen LogP contribution < -0.4 is 5.32 Å². The molecule has 1 unspecified atom stereocenters. The van der Waals surface area contributed by atoms with Gasteiger partial charge in [-0.05, 0) is 25.1 Å². The maximum Gasteiger partial charge on any atom is 0.337 e. The van der Waals surface area contributed by atoms with Gasteiger partial charge in [0.1, 0.15) is 0 Å². The van der Waals surface area contributed by atoms with E-state index in [0.29, 0.717) is 4.34 Å². The number of aliphatic hydroxyl groups is 1. The third kappa shape index (κ3) is 4.48. The number of halogens is 1. The van der Waals surface area contributed by atoms with Crippen molar-refractivity contribution < 1.29 is 19.8 Å². The Balaban J connectivity index is 2.48. The Kier molecular flexibility index (Phi) is 4.89. The van der Waals surface area contributed by atoms with E-state index in [1.807, 2.05) is 0 Å². The van der Waals surface area contributed by atoms with Crippen molar-refractivity contribution in [2.75, 3.05) is 6.54 Å². The molecule has 1 rings (SSSR count). The standard InChI is InChI=1S/C11H12ClNO4S/c1-11(17,10(15)16)6-13-9(14)5-3-7-2-4-8(12)18-7/h2-5,17H,6H2,1H3,(H,13,14)(H,15,16). The van der Waals surface area contributed by atoms with Gasteiger partial charge in [0.05, 0.1) is 10.9 Å². The Bertz CT molecular complexity index is 481. The van der Waals surface area contributed by atoms with Crippen LogP contribution in [-0.4, -0.2) is 34.2 Å². The van der Waals surface area contributed by atoms with Crippen molar-refractivity contribution in [3.8, 4) is 0 Å². The van der Waals surface area contributed by atoms with E-state index in [1.165, 1.54) is 17.4 Å². The molecule has 7 heteroatoms. The van der Waals surface area contributed by atoms with E-state index >= 15 is 0 Å². The first kappa shape index (κ1) is 14.7. The number of hydrogen-bond donors (Lipinski definition) is 3. The van der Waals surface area contributed by atoms with Crippen molar-refractivity contribution >= 4 is 40.9 Å². The molecule has 0 spiro atoms. The van der Waals surface area contributed by atoms with Gasteiger partial charge in [0.25, 0.3) is 0 Å². The lowest BCUT2D eigenvalue weighted by Crippen LogP contribution is -2.46. The van der Waals surface area contributed by atoms with Crippen molar-refractivity contribution in [2.24, 2.45) is 0 Å². The molecule has 0 aromatic carbocycles. The summed E-state index contributed by atoms with van der Waals surface area (Å²) in [6, 6.07) is 3.46. The first-order valence-corrected chi connectivity index (χ1v) is 6.18. The van der Waals surface area contributed by atoms with E-state index in [1.54, 1.807) is 18.2 Å². The number of aliphatic carboxylic acids is 1. The molecule has 0 bridgehead atoms. The van der Waals surface area contributed by atoms with E-state index in [9.17, 15) is 14.7 Å². The Hall–Kier alpha value is -1.37. The Morgan fingerprint density at radius 1 is 1.56 bits per heavy atom. The van der Waals surface area contributed by atoms with Crippen LogP contribution >= 0.6 is 22.9 Å². The van der Waals surface area contributed by atoms with Gasteiger partial charge >= 0.3 is 5.97 Å². The van der Waals surface area contributed by atoms with Crippen LogP contribution in [0.4, 0.5) is 0 Å². The Morgan fingerprint density at radius 2 is 2.22 bits per heavy atom. The molecule has 1 atom stereocenters. The number of carboxylic acid groups (broad SMARTS) is 1. The van der Waals surface area contributed by atoms with Gasteiger partial charge in [-0.15, -0.1) is 11.3 Å². The second-order valence-electron chi connectivity index (χ2n) is 3.77. The summed E-state index contributed by atoms with van der Waals surface area (Å²) in [6.45, 7) is 0.745. The van der Waals surface area contributed by atoms with Crippen molar-refractivity contribution in [3.63, 3.8) is 0 Å². The lowest BCUT2D eigenvalue weighted by Gasteiger charge is -2.17. The van der Waals surface area contributed by atoms with Gasteiger partial charge in [-0.1, -0.05) is 11.6 Å². The van der Waals surface area contributed by atoms with Gasteiger partial charge in [-0.25, -0.2) is 4.79 Å². The fourth-order valence-electron chi connectivity index (χ4n) is 0.969. The minimum atomic E-state index is -1.98. The maximum absolute atomic E-state index is 11.4. The highest BCUT2D eigenvalue weighted by molar-refractivity contribution is 7.17. The first-order chi connectivity index (χ1) is 8.31. The molecule has 0 fully saturated rings. The molecule has 0 aliphatic heterocycles. The maximum atomic E-state index is 11.4. The van der Waals surface area contributed by atoms with Crippen LogP contribution in [0.3, 0.4) is 0 Å². The molecule has 1 aromatic rings. The van der Waals surface area contributed by atoms with E-state index in [0.717, 1.165) is 11.8 Å². The quantitative estimate of drug-likeness (QED) is 0.715. The van der Waals surface area contributed by atoms with Gasteiger partial charge < -0.3 is 15.5 Å². The predicted molar refractivity (Wildman–Crippen MR) is 69.6 cm³/mol. The number of rotatable bonds is 5. The van der Waals surface area contributed by atoms with E-state index < -0.39 is 17.5 Å². The highest BCUT2D eigenvalue weighted by Gasteiger charge is 2.29. The van der Waals surface area contributed by atoms with Gasteiger partial charge in [0.15, 0.2) is 5.60 Å². The van der Waals surface area contributed by atoms with Crippen LogP contribution in [0, 0.1) is 0 Å². The minimum Gasteiger partial charge on any atom is -0.479 e. The van der Waals surface area contributed by atoms with Gasteiger partial charge in [-0.2, -0.15) is 0 Å². The number of amides is 1. The number of nitrogens with one attached hydrogen (secondary N) is 1. The molecule has 1 amide bonds. The predicted octanol–water partition coefficient (Wildman–Crippen LogP) is 1.37. The summed E-state index contributed by atoms with van der Waals surface area (Å²) in [5, 5.41) is 20.3. The van der Waals surface area contributed by atoms with Crippen LogP contribution in [0.5, 0.6) is 0 Å². The molecular weight excluding hydrogens is 278 g/mol. The van der Waals surface area contributed by atoms with Gasteiger partial charge in [-0.3, -0.25) is 4.79 Å². The molecule has 18 heavy (non-hydrogen) atoms. The number of thiophene rings is 1. The lowest BCUT2D eigenvalue weighted by molar-refractivity contribution is -0.156. The average molecular weight is 290 g/mol. The Labute approximate surface area is 113 Å². The lowest BCUT2D eigenvalue weighted by atomic mass is 10.1. The van der Waals surface area contributed by atoms with Crippen molar-refractivity contribution in [2.45, 2.75) is 12.5 Å². The zero-order valence-corrected chi connectivity index (χ0v) is 11.1. The molecule has 0 aliphatic carbocycles. The Morgan fingerprint density at radius 3 is 2.72 bits per heavy atom. The SMILES string of the molecule is CC(O)(CNC(=O)C=Cc1ccc(Cl)s1)C(=O)O. The van der Waals surface area contributed by atoms with Crippen molar-refractivity contribution in [1.29, 1.82) is 0 Å². The van der Waals surface area contributed by atoms with E-state index in [4.69, 9.17) is 16.7 Å². The second-order valence-corrected chi connectivity index (χ2v) is 5.52. The third-order valence-corrected chi connectivity index (χ3v) is 3.26. The fraction of sp³-hybridized carbons (Fsp3) is 0.273. The molecule has 0 aliphatic rings. The first-order valence-electron chi connectivity index (χ1n) is 4.98. The third-order valence-electron chi connectivity index (χ3n) is 2.06. The minimum absolute atomic E-state index is 0.364. The topological polar surface area (TPSA) is 86.6 Å². The largest absolute Gasteiger partial charge is 0.479 e. The second kappa shape index (κ2) is 5.99. The summed E-state index contributed by atoms with van der Waals surface area (Å²) in [5.41, 5.74) is -1.98. The summed E-state index contributed by atoms with van der Waals surface area (Å²) >= 11 is 7.03. The van der Waals surface area contributed by atoms with Crippen LogP contribution in [0.25, 0.3) is 6.08 Å². The normalized spacial score (nSPS) is 14.4. The highest BCUT2D eigenvalue weighted by atomic mass is 35.5. The van der Waals surface area contributed by atoms with Gasteiger partial charge in [0, 0.05) is 11.0 Å². The summed E-state index contributed by atoms with van der Waals surface area (Å²) in [6.07, 6.45) is 2.81. The fourth-order valence-corrected chi connectivity index (χ4v) is 1.93. The van der Waals surface area contributed by atoms with Crippen LogP contribution in [0.15, 0.2) is 18.2 Å². The van der Waals surface area contributed by atoms with Gasteiger partial charge in [0.2, 0.25) is 5.91 Å². The monoisotopic (exact) mass is 289 g/mol. The molecule has 1 heterocycles. The zero-order chi connectivity index (χ0) is 13.8. The highest BCUT2D eigenvalue weighted by Crippen LogP contribution is 2.22. The molecular formula is C11H12ClNO4S. The number of carboxylic acids is 1. The van der Waals surface area contributed by atoms with Crippen LogP contribution in [0.2, 0.25) is 4.34 Å². The molecule has 5 nitrogen and oxygen atoms in total. The molecule has 0 saturated heterocycles. The molecule has 0 radical (unpaired) electrons. The summed E-state index contributed by atoms with van der Waals surface area (Å²) in [5.74, 6) is -1.88. The number of hydrogen-bond acceptors (Lipinski definition) is 4. The molecule has 0 saturated carbocycles. The summed E-state index contributed by atoms with van der Waals surface area (Å²) < 4.78 is 0.615. The number of carbonyl (C=O) groups excluding carboxylic acids is 1. The molecule has 3 N–H and O–H groups in total. The van der Waals surface area contributed by atoms with E-state index in [2.05, 4.69) is 5.32 Å². The van der Waals surface area contributed by atoms with E-state index in [-0.39, 0.29) is 6.54 Å². The summed E-state index contributed by atoms with van der Waals surface area (Å²) in [4.78, 5) is 22.8. The van der Waals surface area contributed by atoms with Crippen molar-refractivity contribution in [1.82, 2.24) is 5.32 Å². The number of carbonyl (C=O) groups is 2. The molecule has 98 valence electrons. The van der Waals surface area contributed by atoms with Crippen LogP contribution in [0.1, 0.15) is 11.8 Å². The smallest absolute Gasteiger partial charge is 0.337 e. The van der Waals surface area contributed by atoms with Crippen LogP contribution in [-0.2, 0) is 9.59 Å². The average Bonchev–Trinajstić information content (AvgIpc) is 2.69. The zero-order valence-electron chi connectivity index (χ0n) is 9.51. The summed E-state index contributed by atoms with van der Waals surface area (Å²) in [7, 11) is 0.